The Hall–Kier alpha value is -0.480. The molecule has 0 amide bonds. The number of fused-ring (bicyclic) bond motifs is 1. The van der Waals surface area contributed by atoms with Crippen LogP contribution in [0.3, 0.4) is 0 Å². The second kappa shape index (κ2) is 3.11. The van der Waals surface area contributed by atoms with Crippen molar-refractivity contribution in [1.29, 1.82) is 0 Å². The summed E-state index contributed by atoms with van der Waals surface area (Å²) in [5.41, 5.74) is 1.79. The van der Waals surface area contributed by atoms with Crippen molar-refractivity contribution in [2.45, 2.75) is 0 Å². The van der Waals surface area contributed by atoms with Crippen molar-refractivity contribution >= 4 is 42.9 Å². The molecule has 0 fully saturated rings. The number of aromatic nitrogens is 2. The summed E-state index contributed by atoms with van der Waals surface area (Å²) in [4.78, 5) is 8.45. The van der Waals surface area contributed by atoms with Gasteiger partial charge < -0.3 is 0 Å². The van der Waals surface area contributed by atoms with Crippen LogP contribution in [0.2, 0.25) is 0 Å². The summed E-state index contributed by atoms with van der Waals surface area (Å²) in [5, 5.41) is 0. The molecule has 12 heavy (non-hydrogen) atoms. The van der Waals surface area contributed by atoms with Crippen LogP contribution >= 0.6 is 31.9 Å². The second-order valence-corrected chi connectivity index (χ2v) is 4.05. The predicted octanol–water partition coefficient (Wildman–Crippen LogP) is 3.15. The van der Waals surface area contributed by atoms with Gasteiger partial charge >= 0.3 is 0 Å². The lowest BCUT2D eigenvalue weighted by Gasteiger charge is -1.96. The first-order valence-electron chi connectivity index (χ1n) is 3.33. The third kappa shape index (κ3) is 1.49. The third-order valence-electron chi connectivity index (χ3n) is 1.47. The van der Waals surface area contributed by atoms with Crippen molar-refractivity contribution in [2.24, 2.45) is 0 Å². The monoisotopic (exact) mass is 286 g/mol. The van der Waals surface area contributed by atoms with E-state index in [0.717, 1.165) is 20.1 Å². The SMILES string of the molecule is Brc1cnc2ccc(Br)nc2c1. The van der Waals surface area contributed by atoms with Gasteiger partial charge in [-0.2, -0.15) is 0 Å². The van der Waals surface area contributed by atoms with E-state index in [1.807, 2.05) is 18.2 Å². The van der Waals surface area contributed by atoms with Crippen LogP contribution < -0.4 is 0 Å². The van der Waals surface area contributed by atoms with Crippen LogP contribution in [0, 0.1) is 0 Å². The van der Waals surface area contributed by atoms with Gasteiger partial charge in [-0.15, -0.1) is 0 Å². The number of hydrogen-bond donors (Lipinski definition) is 0. The largest absolute Gasteiger partial charge is 0.253 e. The minimum Gasteiger partial charge on any atom is -0.253 e. The Kier molecular flexibility index (Phi) is 2.11. The van der Waals surface area contributed by atoms with Crippen molar-refractivity contribution in [3.63, 3.8) is 0 Å². The van der Waals surface area contributed by atoms with Gasteiger partial charge in [0, 0.05) is 10.7 Å². The highest BCUT2D eigenvalue weighted by atomic mass is 79.9. The lowest BCUT2D eigenvalue weighted by molar-refractivity contribution is 1.29. The molecule has 0 N–H and O–H groups in total. The van der Waals surface area contributed by atoms with Gasteiger partial charge in [0.05, 0.1) is 11.0 Å². The van der Waals surface area contributed by atoms with E-state index in [1.54, 1.807) is 6.20 Å². The molecule has 60 valence electrons. The average molecular weight is 288 g/mol. The Labute approximate surface area is 86.3 Å². The zero-order valence-electron chi connectivity index (χ0n) is 5.96. The van der Waals surface area contributed by atoms with E-state index in [2.05, 4.69) is 41.8 Å². The minimum absolute atomic E-state index is 0.829. The lowest BCUT2D eigenvalue weighted by atomic mass is 10.3. The number of pyridine rings is 2. The van der Waals surface area contributed by atoms with Gasteiger partial charge in [0.25, 0.3) is 0 Å². The Balaban J connectivity index is 2.80. The smallest absolute Gasteiger partial charge is 0.106 e. The fourth-order valence-corrected chi connectivity index (χ4v) is 1.60. The summed E-state index contributed by atoms with van der Waals surface area (Å²) in [6.07, 6.45) is 1.76. The van der Waals surface area contributed by atoms with Gasteiger partial charge in [-0.05, 0) is 50.1 Å². The summed E-state index contributed by atoms with van der Waals surface area (Å²) in [6, 6.07) is 5.75. The van der Waals surface area contributed by atoms with Crippen molar-refractivity contribution in [1.82, 2.24) is 9.97 Å². The molecule has 0 spiro atoms. The number of hydrogen-bond acceptors (Lipinski definition) is 2. The highest BCUT2D eigenvalue weighted by Gasteiger charge is 1.97. The third-order valence-corrected chi connectivity index (χ3v) is 2.35. The predicted molar refractivity (Wildman–Crippen MR) is 54.9 cm³/mol. The van der Waals surface area contributed by atoms with E-state index >= 15 is 0 Å². The van der Waals surface area contributed by atoms with Crippen molar-refractivity contribution in [3.05, 3.63) is 33.5 Å². The van der Waals surface area contributed by atoms with E-state index in [-0.39, 0.29) is 0 Å². The second-order valence-electron chi connectivity index (χ2n) is 2.33. The Bertz CT molecular complexity index is 392. The van der Waals surface area contributed by atoms with E-state index in [9.17, 15) is 0 Å². The number of nitrogens with zero attached hydrogens (tertiary/aromatic N) is 2. The highest BCUT2D eigenvalue weighted by Crippen LogP contribution is 2.17. The van der Waals surface area contributed by atoms with Gasteiger partial charge in [0.1, 0.15) is 4.60 Å². The molecule has 2 heterocycles. The van der Waals surface area contributed by atoms with Crippen molar-refractivity contribution < 1.29 is 0 Å². The van der Waals surface area contributed by atoms with Crippen LogP contribution in [0.25, 0.3) is 11.0 Å². The quantitative estimate of drug-likeness (QED) is 0.696. The van der Waals surface area contributed by atoms with Gasteiger partial charge in [-0.3, -0.25) is 4.98 Å². The summed E-state index contributed by atoms with van der Waals surface area (Å²) < 4.78 is 1.77. The first kappa shape index (κ1) is 8.13. The fourth-order valence-electron chi connectivity index (χ4n) is 0.957. The average Bonchev–Trinajstić information content (AvgIpc) is 2.03. The maximum absolute atomic E-state index is 4.26. The number of halogens is 2. The molecule has 2 rings (SSSR count). The van der Waals surface area contributed by atoms with Crippen LogP contribution in [0.5, 0.6) is 0 Å². The molecule has 0 unspecified atom stereocenters. The zero-order chi connectivity index (χ0) is 8.55. The van der Waals surface area contributed by atoms with Crippen LogP contribution in [-0.4, -0.2) is 9.97 Å². The van der Waals surface area contributed by atoms with Crippen molar-refractivity contribution in [3.8, 4) is 0 Å². The Morgan fingerprint density at radius 2 is 1.92 bits per heavy atom. The lowest BCUT2D eigenvalue weighted by Crippen LogP contribution is -1.82. The Morgan fingerprint density at radius 1 is 1.08 bits per heavy atom. The maximum atomic E-state index is 4.26. The first-order chi connectivity index (χ1) is 5.75. The van der Waals surface area contributed by atoms with E-state index in [4.69, 9.17) is 0 Å². The highest BCUT2D eigenvalue weighted by molar-refractivity contribution is 9.10. The van der Waals surface area contributed by atoms with E-state index in [1.165, 1.54) is 0 Å². The molecular weight excluding hydrogens is 284 g/mol. The molecule has 4 heteroatoms. The normalized spacial score (nSPS) is 10.5. The van der Waals surface area contributed by atoms with Crippen molar-refractivity contribution in [2.75, 3.05) is 0 Å². The molecule has 0 saturated heterocycles. The van der Waals surface area contributed by atoms with Crippen LogP contribution in [0.4, 0.5) is 0 Å². The molecule has 0 bridgehead atoms. The molecule has 2 aromatic rings. The number of rotatable bonds is 0. The zero-order valence-corrected chi connectivity index (χ0v) is 9.13. The summed E-state index contributed by atoms with van der Waals surface area (Å²) in [7, 11) is 0. The molecule has 0 aliphatic heterocycles. The Morgan fingerprint density at radius 3 is 2.75 bits per heavy atom. The molecule has 2 nitrogen and oxygen atoms in total. The molecule has 0 aliphatic carbocycles. The van der Waals surface area contributed by atoms with Gasteiger partial charge in [0.2, 0.25) is 0 Å². The molecule has 0 aromatic carbocycles. The molecule has 2 aromatic heterocycles. The standard InChI is InChI=1S/C8H4Br2N2/c9-5-3-7-6(11-4-5)1-2-8(10)12-7/h1-4H. The summed E-state index contributed by atoms with van der Waals surface area (Å²) >= 11 is 6.64. The van der Waals surface area contributed by atoms with Crippen LogP contribution in [0.15, 0.2) is 33.5 Å². The molecule has 0 aliphatic rings. The molecule has 0 radical (unpaired) electrons. The van der Waals surface area contributed by atoms with Gasteiger partial charge in [-0.1, -0.05) is 0 Å². The van der Waals surface area contributed by atoms with Gasteiger partial charge in [0.15, 0.2) is 0 Å². The molecule has 0 atom stereocenters. The first-order valence-corrected chi connectivity index (χ1v) is 4.92. The summed E-state index contributed by atoms with van der Waals surface area (Å²) in [5.74, 6) is 0. The molecule has 0 saturated carbocycles. The minimum atomic E-state index is 0.829. The molecular formula is C8H4Br2N2. The van der Waals surface area contributed by atoms with Gasteiger partial charge in [-0.25, -0.2) is 4.98 Å². The summed E-state index contributed by atoms with van der Waals surface area (Å²) in [6.45, 7) is 0. The fraction of sp³-hybridized carbons (Fsp3) is 0. The maximum Gasteiger partial charge on any atom is 0.106 e. The topological polar surface area (TPSA) is 25.8 Å². The van der Waals surface area contributed by atoms with E-state index < -0.39 is 0 Å². The van der Waals surface area contributed by atoms with Crippen LogP contribution in [0.1, 0.15) is 0 Å². The van der Waals surface area contributed by atoms with E-state index in [0.29, 0.717) is 0 Å². The van der Waals surface area contributed by atoms with Crippen LogP contribution in [-0.2, 0) is 0 Å².